The third-order valence-electron chi connectivity index (χ3n) is 4.71. The molecule has 0 saturated heterocycles. The summed E-state index contributed by atoms with van der Waals surface area (Å²) < 4.78 is 11.0. The van der Waals surface area contributed by atoms with Gasteiger partial charge in [-0.05, 0) is 13.0 Å². The highest BCUT2D eigenvalue weighted by atomic mass is 16.5. The van der Waals surface area contributed by atoms with Gasteiger partial charge in [0, 0.05) is 35.9 Å². The predicted molar refractivity (Wildman–Crippen MR) is 116 cm³/mol. The number of hydrogen-bond acceptors (Lipinski definition) is 8. The molecule has 0 saturated carbocycles. The highest BCUT2D eigenvalue weighted by Gasteiger charge is 2.13. The smallest absolute Gasteiger partial charge is 0.225 e. The van der Waals surface area contributed by atoms with E-state index in [0.29, 0.717) is 36.5 Å². The number of nitrogens with one attached hydrogen (secondary N) is 3. The normalized spacial score (nSPS) is 13.0. The molecule has 1 aliphatic heterocycles. The van der Waals surface area contributed by atoms with Crippen LogP contribution in [-0.4, -0.2) is 31.9 Å². The van der Waals surface area contributed by atoms with Gasteiger partial charge in [-0.2, -0.15) is 10.1 Å². The number of hydrogen-bond donors (Lipinski definition) is 3. The van der Waals surface area contributed by atoms with E-state index in [1.165, 1.54) is 0 Å². The quantitative estimate of drug-likeness (QED) is 0.410. The van der Waals surface area contributed by atoms with Crippen LogP contribution in [0.2, 0.25) is 0 Å². The molecule has 0 atom stereocenters. The zero-order chi connectivity index (χ0) is 21.0. The minimum absolute atomic E-state index is 0.417. The third-order valence-corrected chi connectivity index (χ3v) is 4.71. The van der Waals surface area contributed by atoms with E-state index >= 15 is 0 Å². The van der Waals surface area contributed by atoms with Gasteiger partial charge in [0.15, 0.2) is 11.6 Å². The van der Waals surface area contributed by atoms with Crippen molar-refractivity contribution in [2.24, 2.45) is 0 Å². The van der Waals surface area contributed by atoms with Crippen molar-refractivity contribution in [1.29, 1.82) is 0 Å². The highest BCUT2D eigenvalue weighted by Crippen LogP contribution is 2.24. The Kier molecular flexibility index (Phi) is 5.05. The maximum Gasteiger partial charge on any atom is 0.225 e. The summed E-state index contributed by atoms with van der Waals surface area (Å²) in [7, 11) is 0. The lowest BCUT2D eigenvalue weighted by atomic mass is 10.1. The van der Waals surface area contributed by atoms with E-state index in [1.807, 2.05) is 61.5 Å². The van der Waals surface area contributed by atoms with Crippen LogP contribution in [0.4, 0.5) is 17.6 Å². The second-order valence-electron chi connectivity index (χ2n) is 7.11. The molecule has 1 aliphatic rings. The van der Waals surface area contributed by atoms with Crippen molar-refractivity contribution in [2.45, 2.75) is 19.9 Å². The van der Waals surface area contributed by atoms with Crippen molar-refractivity contribution >= 4 is 23.3 Å². The van der Waals surface area contributed by atoms with E-state index in [2.05, 4.69) is 36.0 Å². The summed E-state index contributed by atoms with van der Waals surface area (Å²) in [6.07, 6.45) is 2.95. The molecular weight excluding hydrogens is 394 g/mol. The van der Waals surface area contributed by atoms with Gasteiger partial charge in [-0.1, -0.05) is 35.5 Å². The summed E-state index contributed by atoms with van der Waals surface area (Å²) in [4.78, 5) is 8.96. The average molecular weight is 415 g/mol. The Morgan fingerprint density at radius 2 is 1.97 bits per heavy atom. The van der Waals surface area contributed by atoms with E-state index in [1.54, 1.807) is 0 Å². The van der Waals surface area contributed by atoms with Crippen molar-refractivity contribution in [1.82, 2.24) is 25.3 Å². The van der Waals surface area contributed by atoms with Crippen LogP contribution < -0.4 is 10.6 Å². The molecule has 0 amide bonds. The summed E-state index contributed by atoms with van der Waals surface area (Å²) in [5.41, 5.74) is 3.46. The van der Waals surface area contributed by atoms with Crippen LogP contribution in [-0.2, 0) is 11.3 Å². The van der Waals surface area contributed by atoms with Crippen LogP contribution in [0.15, 0.2) is 59.1 Å². The number of aromatic nitrogens is 5. The molecule has 0 unspecified atom stereocenters. The summed E-state index contributed by atoms with van der Waals surface area (Å²) in [5.74, 6) is 3.29. The molecule has 9 nitrogen and oxygen atoms in total. The summed E-state index contributed by atoms with van der Waals surface area (Å²) in [6, 6.07) is 15.5. The number of H-pyrrole nitrogens is 1. The van der Waals surface area contributed by atoms with Gasteiger partial charge in [0.25, 0.3) is 0 Å². The van der Waals surface area contributed by atoms with Gasteiger partial charge in [-0.3, -0.25) is 5.10 Å². The van der Waals surface area contributed by atoms with Gasteiger partial charge < -0.3 is 19.9 Å². The zero-order valence-electron chi connectivity index (χ0n) is 16.9. The minimum atomic E-state index is 0.417. The van der Waals surface area contributed by atoms with Crippen LogP contribution in [0.3, 0.4) is 0 Å². The van der Waals surface area contributed by atoms with Gasteiger partial charge in [0.05, 0.1) is 13.2 Å². The van der Waals surface area contributed by atoms with Crippen LogP contribution >= 0.6 is 0 Å². The molecular formula is C22H21N7O2. The lowest BCUT2D eigenvalue weighted by Gasteiger charge is -2.07. The fraction of sp³-hybridized carbons (Fsp3) is 0.182. The number of aryl methyl sites for hydroxylation is 1. The Morgan fingerprint density at radius 1 is 1.06 bits per heavy atom. The first-order valence-corrected chi connectivity index (χ1v) is 9.99. The lowest BCUT2D eigenvalue weighted by Crippen LogP contribution is -2.06. The molecule has 0 bridgehead atoms. The maximum absolute atomic E-state index is 5.56. The number of ether oxygens (including phenoxy) is 1. The molecule has 4 aromatic rings. The Morgan fingerprint density at radius 3 is 2.81 bits per heavy atom. The minimum Gasteiger partial charge on any atom is -0.491 e. The van der Waals surface area contributed by atoms with Crippen LogP contribution in [0.5, 0.6) is 0 Å². The second-order valence-corrected chi connectivity index (χ2v) is 7.11. The van der Waals surface area contributed by atoms with E-state index in [4.69, 9.17) is 9.26 Å². The Balaban J connectivity index is 1.25. The number of nitrogens with zero attached hydrogens (tertiary/aromatic N) is 4. The molecule has 5 rings (SSSR count). The highest BCUT2D eigenvalue weighted by molar-refractivity contribution is 5.63. The molecule has 0 spiro atoms. The van der Waals surface area contributed by atoms with Crippen LogP contribution in [0, 0.1) is 6.92 Å². The van der Waals surface area contributed by atoms with Crippen molar-refractivity contribution in [2.75, 3.05) is 17.2 Å². The average Bonchev–Trinajstić information content (AvgIpc) is 3.54. The first-order valence-electron chi connectivity index (χ1n) is 9.99. The fourth-order valence-electron chi connectivity index (χ4n) is 3.27. The van der Waals surface area contributed by atoms with Crippen molar-refractivity contribution in [3.63, 3.8) is 0 Å². The Labute approximate surface area is 178 Å². The first kappa shape index (κ1) is 18.9. The van der Waals surface area contributed by atoms with Gasteiger partial charge >= 0.3 is 0 Å². The zero-order valence-corrected chi connectivity index (χ0v) is 16.9. The van der Waals surface area contributed by atoms with E-state index in [0.717, 1.165) is 34.8 Å². The van der Waals surface area contributed by atoms with Gasteiger partial charge in [0.1, 0.15) is 23.0 Å². The first-order chi connectivity index (χ1) is 15.2. The second kappa shape index (κ2) is 8.31. The van der Waals surface area contributed by atoms with Crippen molar-refractivity contribution in [3.05, 3.63) is 71.8 Å². The molecule has 0 fully saturated rings. The van der Waals surface area contributed by atoms with Gasteiger partial charge in [0.2, 0.25) is 5.95 Å². The molecule has 0 radical (unpaired) electrons. The molecule has 4 heterocycles. The van der Waals surface area contributed by atoms with Gasteiger partial charge in [-0.15, -0.1) is 0 Å². The fourth-order valence-corrected chi connectivity index (χ4v) is 3.27. The Bertz CT molecular complexity index is 1210. The number of benzene rings is 1. The number of anilines is 3. The van der Waals surface area contributed by atoms with E-state index < -0.39 is 0 Å². The predicted octanol–water partition coefficient (Wildman–Crippen LogP) is 4.28. The molecule has 3 aromatic heterocycles. The van der Waals surface area contributed by atoms with Crippen LogP contribution in [0.1, 0.15) is 23.6 Å². The molecule has 31 heavy (non-hydrogen) atoms. The standard InChI is InChI=1S/C22H21N7O2/c1-14-10-20(25-21-12-18(27-28-21)19-8-5-9-30-19)26-22(24-14)23-13-16-11-17(29-31-16)15-6-3-2-4-7-15/h2-4,6-8,10-12H,5,9,13H2,1H3,(H3,23,24,25,26,27,28). The maximum atomic E-state index is 5.56. The summed E-state index contributed by atoms with van der Waals surface area (Å²) in [5, 5.41) is 17.8. The largest absolute Gasteiger partial charge is 0.491 e. The number of aromatic amines is 1. The number of rotatable bonds is 7. The molecule has 0 aliphatic carbocycles. The lowest BCUT2D eigenvalue weighted by molar-refractivity contribution is 0.306. The SMILES string of the molecule is Cc1cc(Nc2cc(C3=CCCO3)[nH]n2)nc(NCc2cc(-c3ccccc3)no2)n1. The topological polar surface area (TPSA) is 114 Å². The summed E-state index contributed by atoms with van der Waals surface area (Å²) in [6.45, 7) is 3.03. The van der Waals surface area contributed by atoms with Crippen LogP contribution in [0.25, 0.3) is 17.0 Å². The third kappa shape index (κ3) is 4.40. The van der Waals surface area contributed by atoms with Crippen molar-refractivity contribution < 1.29 is 9.26 Å². The van der Waals surface area contributed by atoms with E-state index in [-0.39, 0.29) is 0 Å². The molecule has 1 aromatic carbocycles. The van der Waals surface area contributed by atoms with Crippen molar-refractivity contribution in [3.8, 4) is 11.3 Å². The molecule has 9 heteroatoms. The monoisotopic (exact) mass is 415 g/mol. The molecule has 3 N–H and O–H groups in total. The molecule has 156 valence electrons. The Hall–Kier alpha value is -4.14. The van der Waals surface area contributed by atoms with E-state index in [9.17, 15) is 0 Å². The summed E-state index contributed by atoms with van der Waals surface area (Å²) >= 11 is 0. The van der Waals surface area contributed by atoms with Gasteiger partial charge in [-0.25, -0.2) is 4.98 Å².